The fraction of sp³-hybridized carbons (Fsp3) is 0.375. The van der Waals surface area contributed by atoms with Gasteiger partial charge in [0.2, 0.25) is 0 Å². The molecule has 0 radical (unpaired) electrons. The molecule has 3 rings (SSSR count). The summed E-state index contributed by atoms with van der Waals surface area (Å²) < 4.78 is 1.65. The van der Waals surface area contributed by atoms with E-state index < -0.39 is 0 Å². The zero-order valence-electron chi connectivity index (χ0n) is 12.7. The number of carbonyl (C=O) groups is 1. The molecule has 1 fully saturated rings. The lowest BCUT2D eigenvalue weighted by molar-refractivity contribution is 0.0623. The molecule has 0 aliphatic carbocycles. The third kappa shape index (κ3) is 2.87. The van der Waals surface area contributed by atoms with Crippen LogP contribution in [-0.4, -0.2) is 40.2 Å². The molecule has 0 spiro atoms. The molecule has 1 saturated heterocycles. The van der Waals surface area contributed by atoms with Crippen LogP contribution in [0.15, 0.2) is 30.3 Å². The number of piperazine rings is 1. The van der Waals surface area contributed by atoms with E-state index in [2.05, 4.69) is 10.4 Å². The molecular weight excluding hydrogens is 300 g/mol. The van der Waals surface area contributed by atoms with Crippen LogP contribution in [-0.2, 0) is 7.05 Å². The van der Waals surface area contributed by atoms with Gasteiger partial charge in [0, 0.05) is 31.7 Å². The summed E-state index contributed by atoms with van der Waals surface area (Å²) in [7, 11) is 1.80. The summed E-state index contributed by atoms with van der Waals surface area (Å²) in [5.41, 5.74) is 2.51. The topological polar surface area (TPSA) is 50.2 Å². The van der Waals surface area contributed by atoms with Gasteiger partial charge in [-0.05, 0) is 30.7 Å². The van der Waals surface area contributed by atoms with Crippen molar-refractivity contribution in [2.75, 3.05) is 19.6 Å². The van der Waals surface area contributed by atoms with Gasteiger partial charge >= 0.3 is 0 Å². The quantitative estimate of drug-likeness (QED) is 0.923. The van der Waals surface area contributed by atoms with E-state index >= 15 is 0 Å². The predicted octanol–water partition coefficient (Wildman–Crippen LogP) is 2.17. The standard InChI is InChI=1S/C16H19ClN4O/c1-11-8-14(20(2)19-11)16(22)21-7-6-18-10-15(21)12-4-3-5-13(17)9-12/h3-5,8-9,15,18H,6-7,10H2,1-2H3. The molecule has 1 aromatic heterocycles. The third-order valence-corrected chi connectivity index (χ3v) is 4.19. The van der Waals surface area contributed by atoms with Gasteiger partial charge in [-0.3, -0.25) is 9.48 Å². The van der Waals surface area contributed by atoms with Crippen molar-refractivity contribution >= 4 is 17.5 Å². The highest BCUT2D eigenvalue weighted by Gasteiger charge is 2.30. The molecule has 116 valence electrons. The van der Waals surface area contributed by atoms with Crippen LogP contribution in [0.4, 0.5) is 0 Å². The number of rotatable bonds is 2. The summed E-state index contributed by atoms with van der Waals surface area (Å²) in [6.07, 6.45) is 0. The van der Waals surface area contributed by atoms with Crippen molar-refractivity contribution in [2.45, 2.75) is 13.0 Å². The van der Waals surface area contributed by atoms with E-state index in [0.717, 1.165) is 24.3 Å². The van der Waals surface area contributed by atoms with Crippen molar-refractivity contribution in [3.05, 3.63) is 52.3 Å². The molecule has 6 heteroatoms. The summed E-state index contributed by atoms with van der Waals surface area (Å²) in [4.78, 5) is 14.8. The zero-order valence-corrected chi connectivity index (χ0v) is 13.5. The summed E-state index contributed by atoms with van der Waals surface area (Å²) in [6, 6.07) is 9.52. The van der Waals surface area contributed by atoms with E-state index in [0.29, 0.717) is 17.3 Å². The predicted molar refractivity (Wildman–Crippen MR) is 86.0 cm³/mol. The SMILES string of the molecule is Cc1cc(C(=O)N2CCNCC2c2cccc(Cl)c2)n(C)n1. The number of hydrogen-bond acceptors (Lipinski definition) is 3. The van der Waals surface area contributed by atoms with Crippen molar-refractivity contribution in [3.8, 4) is 0 Å². The molecule has 1 N–H and O–H groups in total. The largest absolute Gasteiger partial charge is 0.328 e. The number of nitrogens with zero attached hydrogens (tertiary/aromatic N) is 3. The zero-order chi connectivity index (χ0) is 15.7. The van der Waals surface area contributed by atoms with Gasteiger partial charge in [0.25, 0.3) is 5.91 Å². The minimum absolute atomic E-state index is 0.00887. The van der Waals surface area contributed by atoms with E-state index in [4.69, 9.17) is 11.6 Å². The minimum Gasteiger partial charge on any atom is -0.328 e. The van der Waals surface area contributed by atoms with Crippen molar-refractivity contribution in [3.63, 3.8) is 0 Å². The first kappa shape index (κ1) is 15.1. The molecule has 22 heavy (non-hydrogen) atoms. The normalized spacial score (nSPS) is 18.5. The van der Waals surface area contributed by atoms with E-state index in [-0.39, 0.29) is 11.9 Å². The Morgan fingerprint density at radius 2 is 2.23 bits per heavy atom. The first-order chi connectivity index (χ1) is 10.6. The lowest BCUT2D eigenvalue weighted by Crippen LogP contribution is -2.49. The lowest BCUT2D eigenvalue weighted by atomic mass is 10.0. The molecule has 0 saturated carbocycles. The number of aryl methyl sites for hydroxylation is 2. The molecule has 1 amide bonds. The molecular formula is C16H19ClN4O. The van der Waals surface area contributed by atoms with Gasteiger partial charge in [0.15, 0.2) is 0 Å². The lowest BCUT2D eigenvalue weighted by Gasteiger charge is -2.36. The monoisotopic (exact) mass is 318 g/mol. The number of amides is 1. The Kier molecular flexibility index (Phi) is 4.18. The summed E-state index contributed by atoms with van der Waals surface area (Å²) in [6.45, 7) is 4.08. The molecule has 5 nitrogen and oxygen atoms in total. The van der Waals surface area contributed by atoms with Crippen LogP contribution in [0.3, 0.4) is 0 Å². The van der Waals surface area contributed by atoms with Crippen LogP contribution in [0.5, 0.6) is 0 Å². The van der Waals surface area contributed by atoms with Crippen molar-refractivity contribution in [1.29, 1.82) is 0 Å². The Morgan fingerprint density at radius 1 is 1.41 bits per heavy atom. The number of carbonyl (C=O) groups excluding carboxylic acids is 1. The van der Waals surface area contributed by atoms with Crippen molar-refractivity contribution in [1.82, 2.24) is 20.0 Å². The second kappa shape index (κ2) is 6.10. The second-order valence-corrected chi connectivity index (χ2v) is 6.00. The fourth-order valence-corrected chi connectivity index (χ4v) is 3.12. The van der Waals surface area contributed by atoms with Gasteiger partial charge in [-0.2, -0.15) is 5.10 Å². The summed E-state index contributed by atoms with van der Waals surface area (Å²) >= 11 is 6.10. The third-order valence-electron chi connectivity index (χ3n) is 3.96. The number of hydrogen-bond donors (Lipinski definition) is 1. The van der Waals surface area contributed by atoms with Crippen LogP contribution in [0.1, 0.15) is 27.8 Å². The smallest absolute Gasteiger partial charge is 0.272 e. The van der Waals surface area contributed by atoms with Crippen LogP contribution in [0, 0.1) is 6.92 Å². The van der Waals surface area contributed by atoms with E-state index in [1.807, 2.05) is 42.2 Å². The summed E-state index contributed by atoms with van der Waals surface area (Å²) in [5, 5.41) is 8.31. The fourth-order valence-electron chi connectivity index (χ4n) is 2.92. The molecule has 1 aliphatic rings. The number of benzene rings is 1. The average molecular weight is 319 g/mol. The van der Waals surface area contributed by atoms with Gasteiger partial charge in [-0.25, -0.2) is 0 Å². The van der Waals surface area contributed by atoms with Gasteiger partial charge in [-0.1, -0.05) is 23.7 Å². The maximum absolute atomic E-state index is 12.9. The Bertz CT molecular complexity index is 697. The molecule has 1 aliphatic heterocycles. The van der Waals surface area contributed by atoms with Gasteiger partial charge < -0.3 is 10.2 Å². The summed E-state index contributed by atoms with van der Waals surface area (Å²) in [5.74, 6) is 0.00887. The highest BCUT2D eigenvalue weighted by atomic mass is 35.5. The average Bonchev–Trinajstić information content (AvgIpc) is 2.85. The molecule has 0 bridgehead atoms. The van der Waals surface area contributed by atoms with Crippen LogP contribution < -0.4 is 5.32 Å². The van der Waals surface area contributed by atoms with Crippen LogP contribution in [0.2, 0.25) is 5.02 Å². The van der Waals surface area contributed by atoms with E-state index in [1.165, 1.54) is 0 Å². The first-order valence-corrected chi connectivity index (χ1v) is 7.72. The maximum Gasteiger partial charge on any atom is 0.272 e. The Balaban J connectivity index is 1.92. The number of aromatic nitrogens is 2. The van der Waals surface area contributed by atoms with Gasteiger partial charge in [0.1, 0.15) is 5.69 Å². The van der Waals surface area contributed by atoms with Crippen LogP contribution >= 0.6 is 11.6 Å². The number of halogens is 1. The number of nitrogens with one attached hydrogen (secondary N) is 1. The first-order valence-electron chi connectivity index (χ1n) is 7.34. The minimum atomic E-state index is -0.0184. The highest BCUT2D eigenvalue weighted by Crippen LogP contribution is 2.26. The van der Waals surface area contributed by atoms with E-state index in [9.17, 15) is 4.79 Å². The van der Waals surface area contributed by atoms with Crippen molar-refractivity contribution < 1.29 is 4.79 Å². The molecule has 2 aromatic rings. The molecule has 1 unspecified atom stereocenters. The van der Waals surface area contributed by atoms with Gasteiger partial charge in [-0.15, -0.1) is 0 Å². The molecule has 2 heterocycles. The van der Waals surface area contributed by atoms with E-state index in [1.54, 1.807) is 11.7 Å². The highest BCUT2D eigenvalue weighted by molar-refractivity contribution is 6.30. The molecule has 1 aromatic carbocycles. The molecule has 1 atom stereocenters. The second-order valence-electron chi connectivity index (χ2n) is 5.57. The van der Waals surface area contributed by atoms with Gasteiger partial charge in [0.05, 0.1) is 11.7 Å². The Labute approximate surface area is 134 Å². The maximum atomic E-state index is 12.9. The van der Waals surface area contributed by atoms with Crippen LogP contribution in [0.25, 0.3) is 0 Å². The Morgan fingerprint density at radius 3 is 2.91 bits per heavy atom. The Hall–Kier alpha value is -1.85. The van der Waals surface area contributed by atoms with Crippen molar-refractivity contribution in [2.24, 2.45) is 7.05 Å².